The van der Waals surface area contributed by atoms with Crippen molar-refractivity contribution in [1.82, 2.24) is 5.32 Å². The van der Waals surface area contributed by atoms with Crippen molar-refractivity contribution in [1.29, 1.82) is 0 Å². The van der Waals surface area contributed by atoms with Crippen molar-refractivity contribution in [3.8, 4) is 5.75 Å². The molecule has 0 unspecified atom stereocenters. The average molecular weight is 421 g/mol. The molecule has 1 atom stereocenters. The Hall–Kier alpha value is -3.25. The summed E-state index contributed by atoms with van der Waals surface area (Å²) in [4.78, 5) is 26.2. The summed E-state index contributed by atoms with van der Waals surface area (Å²) < 4.78 is 5.14. The van der Waals surface area contributed by atoms with Gasteiger partial charge in [0.2, 0.25) is 5.91 Å². The number of carbonyl (C=O) groups is 2. The smallest absolute Gasteiger partial charge is 0.253 e. The van der Waals surface area contributed by atoms with Crippen LogP contribution in [0.2, 0.25) is 0 Å². The second-order valence-corrected chi connectivity index (χ2v) is 7.71. The lowest BCUT2D eigenvalue weighted by molar-refractivity contribution is -0.113. The first-order valence-corrected chi connectivity index (χ1v) is 10.6. The molecule has 0 heterocycles. The summed E-state index contributed by atoms with van der Waals surface area (Å²) in [5.74, 6) is 0.605. The minimum atomic E-state index is -0.231. The standard InChI is InChI=1S/C24H24N2O3S/c1-17(18-8-4-3-5-9-18)25-24(28)21-10-6-7-11-22(21)26-23(27)16-30-20-14-12-19(29-2)13-15-20/h3-15,17H,16H2,1-2H3,(H,25,28)(H,26,27)/t17-/m1/s1. The van der Waals surface area contributed by atoms with E-state index in [4.69, 9.17) is 4.74 Å². The number of hydrogen-bond acceptors (Lipinski definition) is 4. The average Bonchev–Trinajstić information content (AvgIpc) is 2.79. The minimum Gasteiger partial charge on any atom is -0.497 e. The van der Waals surface area contributed by atoms with Gasteiger partial charge < -0.3 is 15.4 Å². The Morgan fingerprint density at radius 1 is 0.933 bits per heavy atom. The molecule has 0 aliphatic rings. The summed E-state index contributed by atoms with van der Waals surface area (Å²) in [5, 5.41) is 5.84. The highest BCUT2D eigenvalue weighted by Crippen LogP contribution is 2.22. The van der Waals surface area contributed by atoms with Crippen LogP contribution in [0.4, 0.5) is 5.69 Å². The van der Waals surface area contributed by atoms with Crippen molar-refractivity contribution >= 4 is 29.3 Å². The van der Waals surface area contributed by atoms with Gasteiger partial charge in [-0.2, -0.15) is 0 Å². The van der Waals surface area contributed by atoms with Crippen molar-refractivity contribution < 1.29 is 14.3 Å². The van der Waals surface area contributed by atoms with Crippen LogP contribution < -0.4 is 15.4 Å². The maximum atomic E-state index is 12.8. The SMILES string of the molecule is COc1ccc(SCC(=O)Nc2ccccc2C(=O)N[C@H](C)c2ccccc2)cc1. The van der Waals surface area contributed by atoms with E-state index in [0.717, 1.165) is 16.2 Å². The molecule has 3 rings (SSSR count). The number of thioether (sulfide) groups is 1. The number of amides is 2. The van der Waals surface area contributed by atoms with Gasteiger partial charge in [0, 0.05) is 4.90 Å². The van der Waals surface area contributed by atoms with Crippen molar-refractivity contribution in [2.75, 3.05) is 18.2 Å². The summed E-state index contributed by atoms with van der Waals surface area (Å²) in [7, 11) is 1.61. The molecule has 3 aromatic carbocycles. The van der Waals surface area contributed by atoms with E-state index < -0.39 is 0 Å². The first kappa shape index (κ1) is 21.5. The number of rotatable bonds is 8. The van der Waals surface area contributed by atoms with Crippen LogP contribution in [-0.4, -0.2) is 24.7 Å². The monoisotopic (exact) mass is 420 g/mol. The largest absolute Gasteiger partial charge is 0.497 e. The summed E-state index contributed by atoms with van der Waals surface area (Å²) in [6.45, 7) is 1.93. The van der Waals surface area contributed by atoms with E-state index >= 15 is 0 Å². The molecule has 2 N–H and O–H groups in total. The van der Waals surface area contributed by atoms with E-state index in [9.17, 15) is 9.59 Å². The van der Waals surface area contributed by atoms with Gasteiger partial charge in [-0.05, 0) is 48.9 Å². The Labute approximate surface area is 180 Å². The van der Waals surface area contributed by atoms with Crippen LogP contribution in [0, 0.1) is 0 Å². The summed E-state index contributed by atoms with van der Waals surface area (Å²) >= 11 is 1.42. The van der Waals surface area contributed by atoms with E-state index in [2.05, 4.69) is 10.6 Å². The lowest BCUT2D eigenvalue weighted by Crippen LogP contribution is -2.28. The molecule has 0 aliphatic heterocycles. The Bertz CT molecular complexity index is 991. The van der Waals surface area contributed by atoms with Crippen LogP contribution in [0.1, 0.15) is 28.9 Å². The first-order chi connectivity index (χ1) is 14.6. The van der Waals surface area contributed by atoms with Crippen LogP contribution in [-0.2, 0) is 4.79 Å². The molecule has 6 heteroatoms. The number of benzene rings is 3. The fraction of sp³-hybridized carbons (Fsp3) is 0.167. The highest BCUT2D eigenvalue weighted by molar-refractivity contribution is 8.00. The zero-order valence-corrected chi connectivity index (χ0v) is 17.7. The van der Waals surface area contributed by atoms with Gasteiger partial charge >= 0.3 is 0 Å². The molecule has 2 amide bonds. The topological polar surface area (TPSA) is 67.4 Å². The first-order valence-electron chi connectivity index (χ1n) is 9.58. The van der Waals surface area contributed by atoms with Crippen LogP contribution in [0.15, 0.2) is 83.8 Å². The van der Waals surface area contributed by atoms with E-state index in [0.29, 0.717) is 11.3 Å². The summed E-state index contributed by atoms with van der Waals surface area (Å²) in [5.41, 5.74) is 1.95. The van der Waals surface area contributed by atoms with Gasteiger partial charge in [0.05, 0.1) is 30.2 Å². The quantitative estimate of drug-likeness (QED) is 0.508. The van der Waals surface area contributed by atoms with Gasteiger partial charge in [0.15, 0.2) is 0 Å². The van der Waals surface area contributed by atoms with Crippen molar-refractivity contribution in [2.45, 2.75) is 17.9 Å². The normalized spacial score (nSPS) is 11.4. The lowest BCUT2D eigenvalue weighted by Gasteiger charge is -2.16. The van der Waals surface area contributed by atoms with Gasteiger partial charge in [-0.25, -0.2) is 0 Å². The molecule has 0 spiro atoms. The van der Waals surface area contributed by atoms with Crippen molar-refractivity contribution in [3.63, 3.8) is 0 Å². The molecule has 0 radical (unpaired) electrons. The van der Waals surface area contributed by atoms with Crippen LogP contribution in [0.25, 0.3) is 0 Å². The molecule has 154 valence electrons. The Kier molecular flexibility index (Phi) is 7.51. The zero-order chi connectivity index (χ0) is 21.3. The molecular weight excluding hydrogens is 396 g/mol. The number of carbonyl (C=O) groups excluding carboxylic acids is 2. The number of hydrogen-bond donors (Lipinski definition) is 2. The fourth-order valence-corrected chi connectivity index (χ4v) is 3.60. The maximum absolute atomic E-state index is 12.8. The number of para-hydroxylation sites is 1. The summed E-state index contributed by atoms with van der Waals surface area (Å²) in [6, 6.07) is 24.1. The Balaban J connectivity index is 1.61. The highest BCUT2D eigenvalue weighted by atomic mass is 32.2. The van der Waals surface area contributed by atoms with Crippen LogP contribution in [0.5, 0.6) is 5.75 Å². The van der Waals surface area contributed by atoms with Gasteiger partial charge in [0.1, 0.15) is 5.75 Å². The Morgan fingerprint density at radius 2 is 1.60 bits per heavy atom. The number of ether oxygens (including phenoxy) is 1. The van der Waals surface area contributed by atoms with Crippen molar-refractivity contribution in [3.05, 3.63) is 90.0 Å². The lowest BCUT2D eigenvalue weighted by atomic mass is 10.1. The summed E-state index contributed by atoms with van der Waals surface area (Å²) in [6.07, 6.45) is 0. The molecule has 0 fully saturated rings. The van der Waals surface area contributed by atoms with Gasteiger partial charge in [-0.15, -0.1) is 11.8 Å². The molecule has 30 heavy (non-hydrogen) atoms. The van der Waals surface area contributed by atoms with E-state index in [-0.39, 0.29) is 23.6 Å². The second-order valence-electron chi connectivity index (χ2n) is 6.66. The number of methoxy groups -OCH3 is 1. The van der Waals surface area contributed by atoms with Gasteiger partial charge in [0.25, 0.3) is 5.91 Å². The maximum Gasteiger partial charge on any atom is 0.253 e. The minimum absolute atomic E-state index is 0.145. The van der Waals surface area contributed by atoms with Gasteiger partial charge in [-0.3, -0.25) is 9.59 Å². The predicted octanol–water partition coefficient (Wildman–Crippen LogP) is 4.92. The molecule has 0 saturated heterocycles. The molecular formula is C24H24N2O3S. The molecule has 3 aromatic rings. The van der Waals surface area contributed by atoms with E-state index in [1.165, 1.54) is 11.8 Å². The third-order valence-electron chi connectivity index (χ3n) is 4.52. The predicted molar refractivity (Wildman–Crippen MR) is 121 cm³/mol. The van der Waals surface area contributed by atoms with E-state index in [1.807, 2.05) is 61.5 Å². The Morgan fingerprint density at radius 3 is 2.30 bits per heavy atom. The number of nitrogens with one attached hydrogen (secondary N) is 2. The highest BCUT2D eigenvalue weighted by Gasteiger charge is 2.16. The third-order valence-corrected chi connectivity index (χ3v) is 5.53. The van der Waals surface area contributed by atoms with Crippen LogP contribution in [0.3, 0.4) is 0 Å². The number of anilines is 1. The van der Waals surface area contributed by atoms with Crippen molar-refractivity contribution in [2.24, 2.45) is 0 Å². The van der Waals surface area contributed by atoms with Gasteiger partial charge in [-0.1, -0.05) is 42.5 Å². The molecule has 0 bridgehead atoms. The molecule has 5 nitrogen and oxygen atoms in total. The van der Waals surface area contributed by atoms with E-state index in [1.54, 1.807) is 31.4 Å². The molecule has 0 aliphatic carbocycles. The molecule has 0 aromatic heterocycles. The van der Waals surface area contributed by atoms with Crippen LogP contribution >= 0.6 is 11.8 Å². The third kappa shape index (κ3) is 5.87. The zero-order valence-electron chi connectivity index (χ0n) is 16.9. The molecule has 0 saturated carbocycles. The second kappa shape index (κ2) is 10.5. The fourth-order valence-electron chi connectivity index (χ4n) is 2.90.